The monoisotopic (exact) mass is 305 g/mol. The van der Waals surface area contributed by atoms with Crippen molar-refractivity contribution in [2.75, 3.05) is 4.72 Å². The van der Waals surface area contributed by atoms with Crippen LogP contribution < -0.4 is 4.72 Å². The van der Waals surface area contributed by atoms with E-state index in [9.17, 15) is 13.5 Å². The second kappa shape index (κ2) is 5.87. The Labute approximate surface area is 125 Å². The zero-order valence-corrected chi connectivity index (χ0v) is 13.2. The molecule has 2 aromatic rings. The highest BCUT2D eigenvalue weighted by molar-refractivity contribution is 7.92. The molecule has 0 aliphatic carbocycles. The molecule has 0 radical (unpaired) electrons. The number of anilines is 1. The van der Waals surface area contributed by atoms with E-state index in [1.807, 2.05) is 19.1 Å². The van der Waals surface area contributed by atoms with E-state index in [-0.39, 0.29) is 6.61 Å². The molecule has 0 unspecified atom stereocenters. The minimum atomic E-state index is -3.69. The summed E-state index contributed by atoms with van der Waals surface area (Å²) in [5.74, 6) is 0. The fourth-order valence-corrected chi connectivity index (χ4v) is 4.10. The molecule has 0 atom stereocenters. The van der Waals surface area contributed by atoms with E-state index >= 15 is 0 Å². The lowest BCUT2D eigenvalue weighted by Crippen LogP contribution is -2.17. The van der Waals surface area contributed by atoms with Crippen molar-refractivity contribution in [3.05, 3.63) is 58.7 Å². The highest BCUT2D eigenvalue weighted by Crippen LogP contribution is 2.25. The van der Waals surface area contributed by atoms with Gasteiger partial charge in [-0.15, -0.1) is 0 Å². The zero-order chi connectivity index (χ0) is 15.6. The summed E-state index contributed by atoms with van der Waals surface area (Å²) in [5, 5.41) is 9.30. The summed E-state index contributed by atoms with van der Waals surface area (Å²) >= 11 is 0. The number of benzene rings is 2. The minimum absolute atomic E-state index is 0.218. The molecule has 0 bridgehead atoms. The Morgan fingerprint density at radius 1 is 1.05 bits per heavy atom. The Morgan fingerprint density at radius 2 is 1.62 bits per heavy atom. The predicted molar refractivity (Wildman–Crippen MR) is 83.8 cm³/mol. The van der Waals surface area contributed by atoms with Crippen LogP contribution in [0.15, 0.2) is 41.3 Å². The van der Waals surface area contributed by atoms with Gasteiger partial charge in [0.25, 0.3) is 10.0 Å². The van der Waals surface area contributed by atoms with Crippen molar-refractivity contribution >= 4 is 15.7 Å². The van der Waals surface area contributed by atoms with Crippen LogP contribution in [-0.4, -0.2) is 13.5 Å². The lowest BCUT2D eigenvalue weighted by atomic mass is 10.1. The van der Waals surface area contributed by atoms with Gasteiger partial charge in [-0.25, -0.2) is 8.42 Å². The topological polar surface area (TPSA) is 66.4 Å². The number of sulfonamides is 1. The fraction of sp³-hybridized carbons (Fsp3) is 0.250. The van der Waals surface area contributed by atoms with Crippen molar-refractivity contribution in [2.24, 2.45) is 0 Å². The van der Waals surface area contributed by atoms with Gasteiger partial charge >= 0.3 is 0 Å². The molecule has 2 aromatic carbocycles. The largest absolute Gasteiger partial charge is 0.392 e. The van der Waals surface area contributed by atoms with Crippen molar-refractivity contribution in [1.29, 1.82) is 0 Å². The molecule has 0 amide bonds. The average molecular weight is 305 g/mol. The highest BCUT2D eigenvalue weighted by Gasteiger charge is 2.20. The molecule has 5 heteroatoms. The van der Waals surface area contributed by atoms with E-state index in [0.29, 0.717) is 27.3 Å². The standard InChI is InChI=1S/C16H19NO3S/c1-11-8-12(2)16(13(3)9-11)21(19,20)17-15-7-5-4-6-14(15)10-18/h4-9,17-18H,10H2,1-3H3. The van der Waals surface area contributed by atoms with Crippen molar-refractivity contribution in [3.8, 4) is 0 Å². The number of aryl methyl sites for hydroxylation is 3. The van der Waals surface area contributed by atoms with Crippen molar-refractivity contribution in [3.63, 3.8) is 0 Å². The van der Waals surface area contributed by atoms with Crippen LogP contribution in [0.2, 0.25) is 0 Å². The first-order valence-corrected chi connectivity index (χ1v) is 8.13. The van der Waals surface area contributed by atoms with Crippen LogP contribution in [0.5, 0.6) is 0 Å². The van der Waals surface area contributed by atoms with Crippen LogP contribution in [0.4, 0.5) is 5.69 Å². The molecule has 4 nitrogen and oxygen atoms in total. The predicted octanol–water partition coefficient (Wildman–Crippen LogP) is 2.90. The summed E-state index contributed by atoms with van der Waals surface area (Å²) in [7, 11) is -3.69. The van der Waals surface area contributed by atoms with Crippen LogP contribution in [-0.2, 0) is 16.6 Å². The van der Waals surface area contributed by atoms with Gasteiger partial charge in [0.05, 0.1) is 17.2 Å². The van der Waals surface area contributed by atoms with Gasteiger partial charge in [-0.05, 0) is 38.0 Å². The van der Waals surface area contributed by atoms with E-state index in [1.165, 1.54) is 0 Å². The molecule has 0 fully saturated rings. The molecule has 2 rings (SSSR count). The molecule has 0 spiro atoms. The van der Waals surface area contributed by atoms with E-state index in [4.69, 9.17) is 0 Å². The Kier molecular flexibility index (Phi) is 4.34. The van der Waals surface area contributed by atoms with E-state index in [2.05, 4.69) is 4.72 Å². The Bertz CT molecular complexity index is 744. The smallest absolute Gasteiger partial charge is 0.262 e. The Morgan fingerprint density at radius 3 is 2.19 bits per heavy atom. The lowest BCUT2D eigenvalue weighted by molar-refractivity contribution is 0.282. The molecule has 2 N–H and O–H groups in total. The number of hydrogen-bond acceptors (Lipinski definition) is 3. The normalized spacial score (nSPS) is 11.4. The third-order valence-corrected chi connectivity index (χ3v) is 4.98. The molecule has 0 aliphatic rings. The summed E-state index contributed by atoms with van der Waals surface area (Å²) in [4.78, 5) is 0.292. The first-order chi connectivity index (χ1) is 9.85. The van der Waals surface area contributed by atoms with Crippen molar-refractivity contribution in [2.45, 2.75) is 32.3 Å². The highest BCUT2D eigenvalue weighted by atomic mass is 32.2. The van der Waals surface area contributed by atoms with Crippen LogP contribution in [0, 0.1) is 20.8 Å². The Balaban J connectivity index is 2.49. The molecule has 0 aromatic heterocycles. The minimum Gasteiger partial charge on any atom is -0.392 e. The maximum atomic E-state index is 12.6. The maximum absolute atomic E-state index is 12.6. The number of aliphatic hydroxyl groups is 1. The second-order valence-electron chi connectivity index (χ2n) is 5.15. The maximum Gasteiger partial charge on any atom is 0.262 e. The summed E-state index contributed by atoms with van der Waals surface area (Å²) in [6.07, 6.45) is 0. The van der Waals surface area contributed by atoms with Gasteiger partial charge in [-0.2, -0.15) is 0 Å². The van der Waals surface area contributed by atoms with E-state index in [1.54, 1.807) is 38.1 Å². The number of aliphatic hydroxyl groups excluding tert-OH is 1. The third-order valence-electron chi connectivity index (χ3n) is 3.31. The van der Waals surface area contributed by atoms with Gasteiger partial charge < -0.3 is 5.11 Å². The third kappa shape index (κ3) is 3.25. The molecule has 21 heavy (non-hydrogen) atoms. The first-order valence-electron chi connectivity index (χ1n) is 6.64. The molecule has 112 valence electrons. The number of para-hydroxylation sites is 1. The van der Waals surface area contributed by atoms with Crippen molar-refractivity contribution < 1.29 is 13.5 Å². The van der Waals surface area contributed by atoms with Gasteiger partial charge in [0, 0.05) is 5.56 Å². The zero-order valence-electron chi connectivity index (χ0n) is 12.3. The number of rotatable bonds is 4. The van der Waals surface area contributed by atoms with Crippen LogP contribution in [0.3, 0.4) is 0 Å². The van der Waals surface area contributed by atoms with Gasteiger partial charge in [0.2, 0.25) is 0 Å². The van der Waals surface area contributed by atoms with Gasteiger partial charge in [0.15, 0.2) is 0 Å². The average Bonchev–Trinajstić information content (AvgIpc) is 2.37. The summed E-state index contributed by atoms with van der Waals surface area (Å²) in [5.41, 5.74) is 3.39. The molecular weight excluding hydrogens is 286 g/mol. The van der Waals surface area contributed by atoms with Crippen molar-refractivity contribution in [1.82, 2.24) is 0 Å². The van der Waals surface area contributed by atoms with Crippen LogP contribution in [0.25, 0.3) is 0 Å². The lowest BCUT2D eigenvalue weighted by Gasteiger charge is -2.15. The fourth-order valence-electron chi connectivity index (χ4n) is 2.54. The molecular formula is C16H19NO3S. The number of nitrogens with one attached hydrogen (secondary N) is 1. The SMILES string of the molecule is Cc1cc(C)c(S(=O)(=O)Nc2ccccc2CO)c(C)c1. The van der Waals surface area contributed by atoms with E-state index < -0.39 is 10.0 Å². The van der Waals surface area contributed by atoms with Gasteiger partial charge in [-0.1, -0.05) is 35.9 Å². The second-order valence-corrected chi connectivity index (χ2v) is 6.77. The molecule has 0 aliphatic heterocycles. The summed E-state index contributed by atoms with van der Waals surface area (Å²) in [6.45, 7) is 5.29. The molecule has 0 heterocycles. The van der Waals surface area contributed by atoms with E-state index in [0.717, 1.165) is 5.56 Å². The summed E-state index contributed by atoms with van der Waals surface area (Å²) < 4.78 is 27.8. The number of hydrogen-bond donors (Lipinski definition) is 2. The molecule has 0 saturated carbocycles. The quantitative estimate of drug-likeness (QED) is 0.912. The van der Waals surface area contributed by atoms with Gasteiger partial charge in [0.1, 0.15) is 0 Å². The summed E-state index contributed by atoms with van der Waals surface area (Å²) in [6, 6.07) is 10.5. The Hall–Kier alpha value is -1.85. The molecule has 0 saturated heterocycles. The van der Waals surface area contributed by atoms with Crippen LogP contribution >= 0.6 is 0 Å². The first kappa shape index (κ1) is 15.5. The van der Waals surface area contributed by atoms with Gasteiger partial charge in [-0.3, -0.25) is 4.72 Å². The van der Waals surface area contributed by atoms with Crippen LogP contribution in [0.1, 0.15) is 22.3 Å².